The van der Waals surface area contributed by atoms with Crippen LogP contribution < -0.4 is 0 Å². The Bertz CT molecular complexity index is 139. The van der Waals surface area contributed by atoms with Crippen molar-refractivity contribution in [1.29, 1.82) is 0 Å². The molecule has 0 unspecified atom stereocenters. The van der Waals surface area contributed by atoms with Crippen molar-refractivity contribution in [1.82, 2.24) is 0 Å². The zero-order chi connectivity index (χ0) is 7.98. The normalized spacial score (nSPS) is 11.4. The van der Waals surface area contributed by atoms with Crippen LogP contribution in [0.15, 0.2) is 23.3 Å². The van der Waals surface area contributed by atoms with Crippen LogP contribution >= 0.6 is 11.6 Å². The van der Waals surface area contributed by atoms with Gasteiger partial charge in [0.25, 0.3) is 0 Å². The molecular weight excluding hydrogens is 144 g/mol. The van der Waals surface area contributed by atoms with E-state index in [1.165, 1.54) is 11.1 Å². The maximum atomic E-state index is 5.58. The first-order valence-corrected chi connectivity index (χ1v) is 4.05. The van der Waals surface area contributed by atoms with Crippen molar-refractivity contribution < 1.29 is 0 Å². The number of rotatable bonds is 3. The molecule has 0 aliphatic rings. The van der Waals surface area contributed by atoms with Gasteiger partial charge in [0.1, 0.15) is 0 Å². The zero-order valence-electron chi connectivity index (χ0n) is 6.95. The summed E-state index contributed by atoms with van der Waals surface area (Å²) in [6.45, 7) is 6.25. The van der Waals surface area contributed by atoms with Crippen molar-refractivity contribution in [3.8, 4) is 0 Å². The van der Waals surface area contributed by atoms with Gasteiger partial charge in [0.15, 0.2) is 0 Å². The molecule has 0 rings (SSSR count). The summed E-state index contributed by atoms with van der Waals surface area (Å²) in [5.74, 6) is 0.649. The number of hydrogen-bond donors (Lipinski definition) is 0. The summed E-state index contributed by atoms with van der Waals surface area (Å²) in [6.07, 6.45) is 5.36. The highest BCUT2D eigenvalue weighted by atomic mass is 35.5. The zero-order valence-corrected chi connectivity index (χ0v) is 7.70. The predicted molar refractivity (Wildman–Crippen MR) is 48.5 cm³/mol. The number of allylic oxidation sites excluding steroid dienone is 4. The minimum atomic E-state index is 0.649. The Morgan fingerprint density at radius 3 is 2.20 bits per heavy atom. The molecule has 0 amide bonds. The summed E-state index contributed by atoms with van der Waals surface area (Å²) in [5.41, 5.74) is 2.61. The van der Waals surface area contributed by atoms with E-state index in [-0.39, 0.29) is 0 Å². The molecule has 0 atom stereocenters. The molecule has 0 aliphatic carbocycles. The fourth-order valence-electron chi connectivity index (χ4n) is 0.550. The van der Waals surface area contributed by atoms with Crippen molar-refractivity contribution in [3.05, 3.63) is 23.3 Å². The predicted octanol–water partition coefficient (Wildman–Crippen LogP) is 3.53. The van der Waals surface area contributed by atoms with Crippen LogP contribution in [0.25, 0.3) is 0 Å². The van der Waals surface area contributed by atoms with E-state index in [2.05, 4.69) is 26.0 Å². The van der Waals surface area contributed by atoms with E-state index in [0.717, 1.165) is 6.42 Å². The van der Waals surface area contributed by atoms with Crippen LogP contribution in [0.3, 0.4) is 0 Å². The maximum Gasteiger partial charge on any atom is 0.0430 e. The second kappa shape index (κ2) is 5.55. The van der Waals surface area contributed by atoms with Gasteiger partial charge in [0.2, 0.25) is 0 Å². The van der Waals surface area contributed by atoms with Gasteiger partial charge in [-0.2, -0.15) is 0 Å². The standard InChI is InChI=1S/C9H15Cl/c1-8(2)5-4-6-9(3)7-10/h5-6H,4,7H2,1-3H3/b9-6+. The molecule has 0 spiro atoms. The maximum absolute atomic E-state index is 5.58. The third kappa shape index (κ3) is 5.90. The first-order chi connectivity index (χ1) is 4.66. The van der Waals surface area contributed by atoms with Crippen molar-refractivity contribution in [2.24, 2.45) is 0 Å². The van der Waals surface area contributed by atoms with Crippen molar-refractivity contribution in [3.63, 3.8) is 0 Å². The van der Waals surface area contributed by atoms with Gasteiger partial charge >= 0.3 is 0 Å². The third-order valence-corrected chi connectivity index (χ3v) is 1.62. The topological polar surface area (TPSA) is 0 Å². The van der Waals surface area contributed by atoms with E-state index < -0.39 is 0 Å². The summed E-state index contributed by atoms with van der Waals surface area (Å²) in [6, 6.07) is 0. The molecule has 0 saturated heterocycles. The monoisotopic (exact) mass is 158 g/mol. The van der Waals surface area contributed by atoms with Crippen LogP contribution in [0, 0.1) is 0 Å². The highest BCUT2D eigenvalue weighted by Gasteiger charge is 1.82. The second-order valence-corrected chi connectivity index (χ2v) is 2.97. The Hall–Kier alpha value is -0.230. The molecule has 0 heterocycles. The first-order valence-electron chi connectivity index (χ1n) is 3.51. The van der Waals surface area contributed by atoms with Crippen LogP contribution in [0.1, 0.15) is 27.2 Å². The lowest BCUT2D eigenvalue weighted by atomic mass is 10.2. The average molecular weight is 159 g/mol. The minimum Gasteiger partial charge on any atom is -0.122 e. The number of halogens is 1. The van der Waals surface area contributed by atoms with Crippen molar-refractivity contribution >= 4 is 11.6 Å². The third-order valence-electron chi connectivity index (χ3n) is 1.20. The summed E-state index contributed by atoms with van der Waals surface area (Å²) >= 11 is 5.58. The molecule has 0 aliphatic heterocycles. The fraction of sp³-hybridized carbons (Fsp3) is 0.556. The minimum absolute atomic E-state index is 0.649. The van der Waals surface area contributed by atoms with E-state index in [0.29, 0.717) is 5.88 Å². The highest BCUT2D eigenvalue weighted by Crippen LogP contribution is 2.00. The van der Waals surface area contributed by atoms with Crippen LogP contribution in [-0.2, 0) is 0 Å². The van der Waals surface area contributed by atoms with Crippen LogP contribution in [-0.4, -0.2) is 5.88 Å². The Kier molecular flexibility index (Phi) is 5.42. The Balaban J connectivity index is 3.63. The SMILES string of the molecule is CC(C)=CC/C=C(\C)CCl. The lowest BCUT2D eigenvalue weighted by Gasteiger charge is -1.90. The van der Waals surface area contributed by atoms with E-state index in [1.54, 1.807) is 0 Å². The number of alkyl halides is 1. The van der Waals surface area contributed by atoms with E-state index in [1.807, 2.05) is 6.92 Å². The first kappa shape index (κ1) is 9.77. The van der Waals surface area contributed by atoms with Crippen LogP contribution in [0.4, 0.5) is 0 Å². The molecular formula is C9H15Cl. The van der Waals surface area contributed by atoms with Gasteiger partial charge in [-0.25, -0.2) is 0 Å². The smallest absolute Gasteiger partial charge is 0.0430 e. The molecule has 10 heavy (non-hydrogen) atoms. The summed E-state index contributed by atoms with van der Waals surface area (Å²) in [5, 5.41) is 0. The van der Waals surface area contributed by atoms with Gasteiger partial charge in [-0.15, -0.1) is 11.6 Å². The Morgan fingerprint density at radius 1 is 1.20 bits per heavy atom. The van der Waals surface area contributed by atoms with Crippen LogP contribution in [0.2, 0.25) is 0 Å². The highest BCUT2D eigenvalue weighted by molar-refractivity contribution is 6.19. The Morgan fingerprint density at radius 2 is 1.80 bits per heavy atom. The molecule has 58 valence electrons. The average Bonchev–Trinajstić information content (AvgIpc) is 1.87. The van der Waals surface area contributed by atoms with Gasteiger partial charge in [-0.1, -0.05) is 23.3 Å². The van der Waals surface area contributed by atoms with Gasteiger partial charge in [0.05, 0.1) is 0 Å². The molecule has 0 aromatic carbocycles. The largest absolute Gasteiger partial charge is 0.122 e. The number of hydrogen-bond acceptors (Lipinski definition) is 0. The van der Waals surface area contributed by atoms with Crippen LogP contribution in [0.5, 0.6) is 0 Å². The summed E-state index contributed by atoms with van der Waals surface area (Å²) < 4.78 is 0. The lowest BCUT2D eigenvalue weighted by molar-refractivity contribution is 1.24. The fourth-order valence-corrected chi connectivity index (χ4v) is 0.659. The molecule has 0 N–H and O–H groups in total. The van der Waals surface area contributed by atoms with Crippen molar-refractivity contribution in [2.75, 3.05) is 5.88 Å². The van der Waals surface area contributed by atoms with Gasteiger partial charge in [0, 0.05) is 5.88 Å². The van der Waals surface area contributed by atoms with Crippen molar-refractivity contribution in [2.45, 2.75) is 27.2 Å². The van der Waals surface area contributed by atoms with Gasteiger partial charge in [-0.3, -0.25) is 0 Å². The van der Waals surface area contributed by atoms with E-state index in [9.17, 15) is 0 Å². The molecule has 0 radical (unpaired) electrons. The molecule has 0 fully saturated rings. The van der Waals surface area contributed by atoms with E-state index in [4.69, 9.17) is 11.6 Å². The van der Waals surface area contributed by atoms with E-state index >= 15 is 0 Å². The summed E-state index contributed by atoms with van der Waals surface area (Å²) in [4.78, 5) is 0. The molecule has 0 aromatic rings. The van der Waals surface area contributed by atoms with Gasteiger partial charge < -0.3 is 0 Å². The molecule has 0 saturated carbocycles. The molecule has 1 heteroatoms. The Labute approximate surface area is 68.6 Å². The second-order valence-electron chi connectivity index (χ2n) is 2.70. The molecule has 0 aromatic heterocycles. The van der Waals surface area contributed by atoms with Gasteiger partial charge in [-0.05, 0) is 27.2 Å². The lowest BCUT2D eigenvalue weighted by Crippen LogP contribution is -1.75. The molecule has 0 bridgehead atoms. The summed E-state index contributed by atoms with van der Waals surface area (Å²) in [7, 11) is 0. The molecule has 0 nitrogen and oxygen atoms in total. The quantitative estimate of drug-likeness (QED) is 0.436.